The summed E-state index contributed by atoms with van der Waals surface area (Å²) in [5.41, 5.74) is 1.50. The van der Waals surface area contributed by atoms with Crippen LogP contribution in [0.25, 0.3) is 0 Å². The number of ether oxygens (including phenoxy) is 1. The minimum atomic E-state index is -3.92. The molecule has 0 heterocycles. The van der Waals surface area contributed by atoms with Gasteiger partial charge in [0.25, 0.3) is 10.0 Å². The first-order valence-corrected chi connectivity index (χ1v) is 12.4. The van der Waals surface area contributed by atoms with Crippen LogP contribution in [0.4, 0.5) is 5.69 Å². The zero-order valence-corrected chi connectivity index (χ0v) is 18.9. The van der Waals surface area contributed by atoms with Crippen molar-refractivity contribution in [3.05, 3.63) is 54.1 Å². The lowest BCUT2D eigenvalue weighted by Gasteiger charge is -2.27. The predicted octanol–water partition coefficient (Wildman–Crippen LogP) is 3.89. The van der Waals surface area contributed by atoms with Gasteiger partial charge in [0, 0.05) is 6.04 Å². The van der Waals surface area contributed by atoms with E-state index >= 15 is 0 Å². The van der Waals surface area contributed by atoms with E-state index in [1.54, 1.807) is 24.3 Å². The summed E-state index contributed by atoms with van der Waals surface area (Å²) < 4.78 is 33.6. The third-order valence-corrected chi connectivity index (χ3v) is 8.20. The van der Waals surface area contributed by atoms with Crippen molar-refractivity contribution in [3.63, 3.8) is 0 Å². The first kappa shape index (κ1) is 21.7. The Morgan fingerprint density at radius 2 is 1.77 bits per heavy atom. The Morgan fingerprint density at radius 1 is 1.06 bits per heavy atom. The summed E-state index contributed by atoms with van der Waals surface area (Å²) in [5, 5.41) is 3.11. The average Bonchev–Trinajstić information content (AvgIpc) is 3.37. The number of carbonyl (C=O) groups excluding carboxylic acids is 1. The number of rotatable bonds is 8. The lowest BCUT2D eigenvalue weighted by atomic mass is 9.95. The maximum Gasteiger partial charge on any atom is 0.264 e. The van der Waals surface area contributed by atoms with E-state index in [0.29, 0.717) is 29.9 Å². The molecular weight excluding hydrogens is 412 g/mol. The highest BCUT2D eigenvalue weighted by Gasteiger charge is 2.40. The lowest BCUT2D eigenvalue weighted by Crippen LogP contribution is -2.46. The second-order valence-corrected chi connectivity index (χ2v) is 10.5. The minimum Gasteiger partial charge on any atom is -0.494 e. The maximum atomic E-state index is 13.5. The lowest BCUT2D eigenvalue weighted by molar-refractivity contribution is -0.120. The Kier molecular flexibility index (Phi) is 6.23. The number of amides is 1. The van der Waals surface area contributed by atoms with Crippen molar-refractivity contribution in [1.29, 1.82) is 0 Å². The average molecular weight is 443 g/mol. The molecule has 3 atom stereocenters. The number of hydrogen-bond acceptors (Lipinski definition) is 4. The van der Waals surface area contributed by atoms with E-state index in [9.17, 15) is 13.2 Å². The van der Waals surface area contributed by atoms with E-state index in [0.717, 1.165) is 18.4 Å². The standard InChI is InChI=1S/C24H30N2O4S/c1-3-30-21-10-12-22(13-11-21)31(28,29)26(20-8-4-17(2)5-9-20)16-24(27)25-23-15-18-6-7-19(23)14-18/h4-5,8-13,18-19,23H,3,6-7,14-16H2,1-2H3,(H,25,27)/t18-,19-,23+/m1/s1. The van der Waals surface area contributed by atoms with Crippen molar-refractivity contribution in [3.8, 4) is 5.75 Å². The SMILES string of the molecule is CCOc1ccc(S(=O)(=O)N(CC(=O)N[C@H]2C[C@@H]3CC[C@@H]2C3)c2ccc(C)cc2)cc1. The third kappa shape index (κ3) is 4.71. The Morgan fingerprint density at radius 3 is 2.35 bits per heavy atom. The summed E-state index contributed by atoms with van der Waals surface area (Å²) in [4.78, 5) is 13.0. The van der Waals surface area contributed by atoms with Crippen molar-refractivity contribution in [2.45, 2.75) is 50.5 Å². The van der Waals surface area contributed by atoms with Gasteiger partial charge in [0.2, 0.25) is 5.91 Å². The van der Waals surface area contributed by atoms with Crippen molar-refractivity contribution in [2.24, 2.45) is 11.8 Å². The molecule has 2 saturated carbocycles. The van der Waals surface area contributed by atoms with Crippen LogP contribution in [0.15, 0.2) is 53.4 Å². The highest BCUT2D eigenvalue weighted by atomic mass is 32.2. The summed E-state index contributed by atoms with van der Waals surface area (Å²) in [5.74, 6) is 1.59. The van der Waals surface area contributed by atoms with Crippen LogP contribution >= 0.6 is 0 Å². The highest BCUT2D eigenvalue weighted by Crippen LogP contribution is 2.44. The Bertz CT molecular complexity index is 1020. The van der Waals surface area contributed by atoms with Crippen molar-refractivity contribution in [1.82, 2.24) is 5.32 Å². The van der Waals surface area contributed by atoms with Crippen LogP contribution in [-0.2, 0) is 14.8 Å². The molecule has 2 aliphatic rings. The number of anilines is 1. The van der Waals surface area contributed by atoms with E-state index in [2.05, 4.69) is 5.32 Å². The number of carbonyl (C=O) groups is 1. The van der Waals surface area contributed by atoms with Crippen LogP contribution in [0.2, 0.25) is 0 Å². The molecule has 0 spiro atoms. The van der Waals surface area contributed by atoms with Crippen molar-refractivity contribution < 1.29 is 17.9 Å². The number of benzene rings is 2. The molecule has 6 nitrogen and oxygen atoms in total. The highest BCUT2D eigenvalue weighted by molar-refractivity contribution is 7.92. The van der Waals surface area contributed by atoms with Gasteiger partial charge in [0.15, 0.2) is 0 Å². The molecule has 0 aliphatic heterocycles. The van der Waals surface area contributed by atoms with Gasteiger partial charge in [0.1, 0.15) is 12.3 Å². The molecule has 1 N–H and O–H groups in total. The smallest absolute Gasteiger partial charge is 0.264 e. The zero-order valence-electron chi connectivity index (χ0n) is 18.1. The van der Waals surface area contributed by atoms with Gasteiger partial charge < -0.3 is 10.1 Å². The molecule has 0 radical (unpaired) electrons. The molecule has 2 bridgehead atoms. The second-order valence-electron chi connectivity index (χ2n) is 8.60. The Labute approximate surface area is 184 Å². The van der Waals surface area contributed by atoms with Crippen LogP contribution in [0.5, 0.6) is 5.75 Å². The van der Waals surface area contributed by atoms with Crippen LogP contribution in [0.3, 0.4) is 0 Å². The van der Waals surface area contributed by atoms with Gasteiger partial charge in [0.05, 0.1) is 17.2 Å². The molecule has 0 saturated heterocycles. The fraction of sp³-hybridized carbons (Fsp3) is 0.458. The molecular formula is C24H30N2O4S. The van der Waals surface area contributed by atoms with Crippen molar-refractivity contribution in [2.75, 3.05) is 17.5 Å². The van der Waals surface area contributed by atoms with Crippen LogP contribution < -0.4 is 14.4 Å². The normalized spacial score (nSPS) is 22.3. The van der Waals surface area contributed by atoms with Gasteiger partial charge in [-0.25, -0.2) is 8.42 Å². The summed E-state index contributed by atoms with van der Waals surface area (Å²) in [6.45, 7) is 4.08. The topological polar surface area (TPSA) is 75.7 Å². The van der Waals surface area contributed by atoms with Gasteiger partial charge in [-0.1, -0.05) is 24.1 Å². The fourth-order valence-corrected chi connectivity index (χ4v) is 6.25. The molecule has 0 unspecified atom stereocenters. The van der Waals surface area contributed by atoms with E-state index in [-0.39, 0.29) is 23.4 Å². The van der Waals surface area contributed by atoms with Crippen LogP contribution in [0, 0.1) is 18.8 Å². The number of aryl methyl sites for hydroxylation is 1. The maximum absolute atomic E-state index is 13.5. The summed E-state index contributed by atoms with van der Waals surface area (Å²) >= 11 is 0. The quantitative estimate of drug-likeness (QED) is 0.673. The van der Waals surface area contributed by atoms with Gasteiger partial charge in [-0.05, 0) is 81.3 Å². The zero-order chi connectivity index (χ0) is 22.0. The van der Waals surface area contributed by atoms with Crippen LogP contribution in [-0.4, -0.2) is 33.5 Å². The number of fused-ring (bicyclic) bond motifs is 2. The molecule has 4 rings (SSSR count). The van der Waals surface area contributed by atoms with Gasteiger partial charge in [-0.15, -0.1) is 0 Å². The number of sulfonamides is 1. The molecule has 1 amide bonds. The fourth-order valence-electron chi connectivity index (χ4n) is 4.83. The summed E-state index contributed by atoms with van der Waals surface area (Å²) in [6.07, 6.45) is 4.59. The van der Waals surface area contributed by atoms with Gasteiger partial charge in [-0.2, -0.15) is 0 Å². The van der Waals surface area contributed by atoms with Gasteiger partial charge in [-0.3, -0.25) is 9.10 Å². The monoisotopic (exact) mass is 442 g/mol. The van der Waals surface area contributed by atoms with E-state index in [1.165, 1.54) is 29.3 Å². The molecule has 2 aliphatic carbocycles. The first-order chi connectivity index (χ1) is 14.9. The van der Waals surface area contributed by atoms with E-state index in [4.69, 9.17) is 4.74 Å². The molecule has 166 valence electrons. The van der Waals surface area contributed by atoms with E-state index < -0.39 is 10.0 Å². The summed E-state index contributed by atoms with van der Waals surface area (Å²) in [6, 6.07) is 13.7. The van der Waals surface area contributed by atoms with Crippen molar-refractivity contribution >= 4 is 21.6 Å². The number of hydrogen-bond donors (Lipinski definition) is 1. The summed E-state index contributed by atoms with van der Waals surface area (Å²) in [7, 11) is -3.92. The Hall–Kier alpha value is -2.54. The first-order valence-electron chi connectivity index (χ1n) is 11.0. The van der Waals surface area contributed by atoms with Crippen LogP contribution in [0.1, 0.15) is 38.2 Å². The largest absolute Gasteiger partial charge is 0.494 e. The molecule has 0 aromatic heterocycles. The van der Waals surface area contributed by atoms with E-state index in [1.807, 2.05) is 26.0 Å². The third-order valence-electron chi connectivity index (χ3n) is 6.42. The second kappa shape index (κ2) is 8.91. The molecule has 31 heavy (non-hydrogen) atoms. The number of nitrogens with one attached hydrogen (secondary N) is 1. The molecule has 2 aromatic carbocycles. The predicted molar refractivity (Wildman–Crippen MR) is 121 cm³/mol. The Balaban J connectivity index is 1.57. The number of nitrogens with zero attached hydrogens (tertiary/aromatic N) is 1. The van der Waals surface area contributed by atoms with Gasteiger partial charge >= 0.3 is 0 Å². The molecule has 7 heteroatoms. The molecule has 2 aromatic rings. The molecule has 2 fully saturated rings. The minimum absolute atomic E-state index is 0.129.